The minimum atomic E-state index is -0.308. The van der Waals surface area contributed by atoms with E-state index >= 15 is 0 Å². The number of amidine groups is 1. The molecule has 0 aliphatic carbocycles. The van der Waals surface area contributed by atoms with Gasteiger partial charge < -0.3 is 10.5 Å². The molecule has 1 atom stereocenters. The first-order valence-corrected chi connectivity index (χ1v) is 5.27. The third-order valence-electron chi connectivity index (χ3n) is 2.34. The van der Waals surface area contributed by atoms with Crippen molar-refractivity contribution in [1.82, 2.24) is 0 Å². The maximum absolute atomic E-state index is 7.38. The summed E-state index contributed by atoms with van der Waals surface area (Å²) in [6.45, 7) is 4.04. The van der Waals surface area contributed by atoms with Gasteiger partial charge in [-0.15, -0.1) is 0 Å². The lowest BCUT2D eigenvalue weighted by Gasteiger charge is -2.18. The second-order valence-electron chi connectivity index (χ2n) is 3.43. The van der Waals surface area contributed by atoms with Crippen molar-refractivity contribution in [2.24, 2.45) is 5.73 Å². The molecule has 0 fully saturated rings. The van der Waals surface area contributed by atoms with E-state index in [2.05, 4.69) is 6.92 Å². The maximum Gasteiger partial charge on any atom is 0.155 e. The Kier molecular flexibility index (Phi) is 4.16. The molecule has 0 bridgehead atoms. The molecule has 0 radical (unpaired) electrons. The lowest BCUT2D eigenvalue weighted by Crippen LogP contribution is -2.32. The third-order valence-corrected chi connectivity index (χ3v) is 2.34. The predicted octanol–water partition coefficient (Wildman–Crippen LogP) is 2.34. The van der Waals surface area contributed by atoms with Gasteiger partial charge in [-0.2, -0.15) is 0 Å². The first-order chi connectivity index (χ1) is 7.19. The minimum absolute atomic E-state index is 0.0865. The summed E-state index contributed by atoms with van der Waals surface area (Å²) in [5.74, 6) is 0.922. The highest BCUT2D eigenvalue weighted by Gasteiger charge is 2.12. The summed E-state index contributed by atoms with van der Waals surface area (Å²) in [6, 6.07) is 7.87. The van der Waals surface area contributed by atoms with E-state index in [4.69, 9.17) is 15.9 Å². The number of ether oxygens (including phenoxy) is 1. The molecular weight excluding hydrogens is 188 g/mol. The van der Waals surface area contributed by atoms with E-state index in [1.807, 2.05) is 31.2 Å². The highest BCUT2D eigenvalue weighted by atomic mass is 16.5. The predicted molar refractivity (Wildman–Crippen MR) is 62.4 cm³/mol. The number of nitrogens with one attached hydrogen (secondary N) is 1. The van der Waals surface area contributed by atoms with Crippen molar-refractivity contribution in [3.05, 3.63) is 29.8 Å². The van der Waals surface area contributed by atoms with Crippen LogP contribution < -0.4 is 10.5 Å². The molecule has 3 heteroatoms. The second kappa shape index (κ2) is 5.39. The molecule has 0 aliphatic rings. The molecule has 0 heterocycles. The molecule has 0 aliphatic heterocycles. The second-order valence-corrected chi connectivity index (χ2v) is 3.43. The summed E-state index contributed by atoms with van der Waals surface area (Å²) in [7, 11) is 0. The van der Waals surface area contributed by atoms with Crippen LogP contribution in [0.2, 0.25) is 0 Å². The van der Waals surface area contributed by atoms with Gasteiger partial charge in [0.15, 0.2) is 6.10 Å². The van der Waals surface area contributed by atoms with Crippen LogP contribution in [0.25, 0.3) is 0 Å². The largest absolute Gasteiger partial charge is 0.482 e. The lowest BCUT2D eigenvalue weighted by molar-refractivity contribution is 0.258. The van der Waals surface area contributed by atoms with E-state index in [9.17, 15) is 0 Å². The van der Waals surface area contributed by atoms with Crippen LogP contribution in [-0.2, 0) is 6.42 Å². The molecule has 3 N–H and O–H groups in total. The summed E-state index contributed by atoms with van der Waals surface area (Å²) < 4.78 is 5.70. The van der Waals surface area contributed by atoms with Gasteiger partial charge in [-0.25, -0.2) is 0 Å². The molecular formula is C12H18N2O. The topological polar surface area (TPSA) is 59.1 Å². The molecule has 1 aromatic carbocycles. The van der Waals surface area contributed by atoms with E-state index < -0.39 is 0 Å². The van der Waals surface area contributed by atoms with Gasteiger partial charge in [0.1, 0.15) is 11.6 Å². The van der Waals surface area contributed by atoms with Crippen LogP contribution in [0.4, 0.5) is 0 Å². The summed E-state index contributed by atoms with van der Waals surface area (Å²) >= 11 is 0. The average molecular weight is 206 g/mol. The molecule has 0 aromatic heterocycles. The van der Waals surface area contributed by atoms with E-state index in [0.29, 0.717) is 6.42 Å². The fourth-order valence-corrected chi connectivity index (χ4v) is 1.43. The van der Waals surface area contributed by atoms with Crippen molar-refractivity contribution in [3.8, 4) is 5.75 Å². The molecule has 0 saturated heterocycles. The molecule has 1 unspecified atom stereocenters. The number of para-hydroxylation sites is 1. The van der Waals surface area contributed by atoms with Gasteiger partial charge in [0, 0.05) is 0 Å². The van der Waals surface area contributed by atoms with Gasteiger partial charge in [0.2, 0.25) is 0 Å². The SMILES string of the molecule is CCc1ccccc1OC(CC)C(=N)N. The van der Waals surface area contributed by atoms with Crippen molar-refractivity contribution in [1.29, 1.82) is 5.41 Å². The average Bonchev–Trinajstić information content (AvgIpc) is 2.25. The monoisotopic (exact) mass is 206 g/mol. The van der Waals surface area contributed by atoms with Crippen molar-refractivity contribution in [3.63, 3.8) is 0 Å². The smallest absolute Gasteiger partial charge is 0.155 e. The Labute approximate surface area is 90.8 Å². The summed E-state index contributed by atoms with van der Waals surface area (Å²) in [5, 5.41) is 7.38. The Morgan fingerprint density at radius 1 is 1.40 bits per heavy atom. The number of benzene rings is 1. The third kappa shape index (κ3) is 2.98. The maximum atomic E-state index is 7.38. The van der Waals surface area contributed by atoms with Gasteiger partial charge in [-0.1, -0.05) is 32.0 Å². The molecule has 15 heavy (non-hydrogen) atoms. The van der Waals surface area contributed by atoms with Gasteiger partial charge in [0.25, 0.3) is 0 Å². The number of rotatable bonds is 5. The Morgan fingerprint density at radius 2 is 2.07 bits per heavy atom. The van der Waals surface area contributed by atoms with Crippen molar-refractivity contribution in [2.45, 2.75) is 32.8 Å². The molecule has 3 nitrogen and oxygen atoms in total. The van der Waals surface area contributed by atoms with E-state index in [1.54, 1.807) is 0 Å². The summed E-state index contributed by atoms with van der Waals surface area (Å²) in [5.41, 5.74) is 6.60. The first kappa shape index (κ1) is 11.6. The standard InChI is InChI=1S/C12H18N2O/c1-3-9-7-5-6-8-11(9)15-10(4-2)12(13)14/h5-8,10H,3-4H2,1-2H3,(H3,13,14). The minimum Gasteiger partial charge on any atom is -0.482 e. The van der Waals surface area contributed by atoms with Crippen LogP contribution in [0.5, 0.6) is 5.75 Å². The van der Waals surface area contributed by atoms with Gasteiger partial charge in [0.05, 0.1) is 0 Å². The fourth-order valence-electron chi connectivity index (χ4n) is 1.43. The van der Waals surface area contributed by atoms with Crippen molar-refractivity contribution < 1.29 is 4.74 Å². The Bertz CT molecular complexity index is 336. The molecule has 1 rings (SSSR count). The first-order valence-electron chi connectivity index (χ1n) is 5.27. The number of hydrogen-bond acceptors (Lipinski definition) is 2. The lowest BCUT2D eigenvalue weighted by atomic mass is 10.1. The number of hydrogen-bond donors (Lipinski definition) is 2. The summed E-state index contributed by atoms with van der Waals surface area (Å²) in [4.78, 5) is 0. The van der Waals surface area contributed by atoms with Crippen LogP contribution in [0.15, 0.2) is 24.3 Å². The molecule has 0 spiro atoms. The van der Waals surface area contributed by atoms with Gasteiger partial charge >= 0.3 is 0 Å². The van der Waals surface area contributed by atoms with Crippen LogP contribution in [0.1, 0.15) is 25.8 Å². The zero-order chi connectivity index (χ0) is 11.3. The molecule has 0 amide bonds. The van der Waals surface area contributed by atoms with Crippen molar-refractivity contribution >= 4 is 5.84 Å². The molecule has 82 valence electrons. The Balaban J connectivity index is 2.82. The van der Waals surface area contributed by atoms with E-state index in [0.717, 1.165) is 17.7 Å². The van der Waals surface area contributed by atoms with E-state index in [-0.39, 0.29) is 11.9 Å². The quantitative estimate of drug-likeness (QED) is 0.574. The number of aryl methyl sites for hydroxylation is 1. The Morgan fingerprint density at radius 3 is 2.60 bits per heavy atom. The van der Waals surface area contributed by atoms with Gasteiger partial charge in [-0.3, -0.25) is 5.41 Å². The van der Waals surface area contributed by atoms with E-state index in [1.165, 1.54) is 0 Å². The van der Waals surface area contributed by atoms with Crippen LogP contribution in [-0.4, -0.2) is 11.9 Å². The van der Waals surface area contributed by atoms with Crippen molar-refractivity contribution in [2.75, 3.05) is 0 Å². The number of nitrogens with two attached hydrogens (primary N) is 1. The van der Waals surface area contributed by atoms with Crippen LogP contribution >= 0.6 is 0 Å². The normalized spacial score (nSPS) is 12.1. The molecule has 0 saturated carbocycles. The van der Waals surface area contributed by atoms with Gasteiger partial charge in [-0.05, 0) is 24.5 Å². The van der Waals surface area contributed by atoms with Crippen LogP contribution in [0, 0.1) is 5.41 Å². The summed E-state index contributed by atoms with van der Waals surface area (Å²) in [6.07, 6.45) is 1.33. The van der Waals surface area contributed by atoms with Crippen LogP contribution in [0.3, 0.4) is 0 Å². The highest BCUT2D eigenvalue weighted by Crippen LogP contribution is 2.20. The molecule has 1 aromatic rings. The highest BCUT2D eigenvalue weighted by molar-refractivity contribution is 5.82. The zero-order valence-corrected chi connectivity index (χ0v) is 9.29. The zero-order valence-electron chi connectivity index (χ0n) is 9.29. The Hall–Kier alpha value is -1.51. The fraction of sp³-hybridized carbons (Fsp3) is 0.417.